The molecule has 0 unspecified atom stereocenters. The van der Waals surface area contributed by atoms with E-state index in [4.69, 9.17) is 9.47 Å². The summed E-state index contributed by atoms with van der Waals surface area (Å²) < 4.78 is 10.4. The fourth-order valence-corrected chi connectivity index (χ4v) is 3.16. The highest BCUT2D eigenvalue weighted by atomic mass is 32.1. The summed E-state index contributed by atoms with van der Waals surface area (Å²) in [7, 11) is 0. The molecule has 1 aromatic heterocycles. The van der Waals surface area contributed by atoms with E-state index < -0.39 is 17.8 Å². The molecule has 1 aliphatic rings. The van der Waals surface area contributed by atoms with Crippen molar-refractivity contribution in [2.45, 2.75) is 38.7 Å². The van der Waals surface area contributed by atoms with Crippen LogP contribution in [-0.4, -0.2) is 42.1 Å². The predicted molar refractivity (Wildman–Crippen MR) is 99.9 cm³/mol. The van der Waals surface area contributed by atoms with E-state index in [0.29, 0.717) is 26.1 Å². The number of carbonyl (C=O) groups excluding carboxylic acids is 3. The molecule has 0 atom stereocenters. The SMILES string of the molecule is C=C(NC(=O)c1csc(CCC)n1)C(=O)NC(=C)C(=O)OC1CCOCC1. The highest BCUT2D eigenvalue weighted by molar-refractivity contribution is 7.09. The van der Waals surface area contributed by atoms with Crippen LogP contribution in [0.2, 0.25) is 0 Å². The normalized spacial score (nSPS) is 14.3. The number of hydrogen-bond acceptors (Lipinski definition) is 7. The smallest absolute Gasteiger partial charge is 0.354 e. The van der Waals surface area contributed by atoms with Crippen LogP contribution in [0.4, 0.5) is 0 Å². The number of esters is 1. The van der Waals surface area contributed by atoms with Gasteiger partial charge in [-0.15, -0.1) is 11.3 Å². The van der Waals surface area contributed by atoms with E-state index in [2.05, 4.69) is 28.8 Å². The van der Waals surface area contributed by atoms with Gasteiger partial charge in [-0.2, -0.15) is 0 Å². The minimum absolute atomic E-state index is 0.218. The topological polar surface area (TPSA) is 107 Å². The highest BCUT2D eigenvalue weighted by Crippen LogP contribution is 2.13. The van der Waals surface area contributed by atoms with Gasteiger partial charge in [0.1, 0.15) is 17.5 Å². The Kier molecular flexibility index (Phi) is 7.68. The van der Waals surface area contributed by atoms with Gasteiger partial charge in [-0.3, -0.25) is 9.59 Å². The molecule has 1 fully saturated rings. The van der Waals surface area contributed by atoms with Gasteiger partial charge in [-0.25, -0.2) is 9.78 Å². The van der Waals surface area contributed by atoms with E-state index >= 15 is 0 Å². The third kappa shape index (κ3) is 6.30. The average Bonchev–Trinajstić information content (AvgIpc) is 3.11. The molecule has 2 rings (SSSR count). The van der Waals surface area contributed by atoms with Crippen LogP contribution in [0.5, 0.6) is 0 Å². The third-order valence-corrected chi connectivity index (χ3v) is 4.65. The lowest BCUT2D eigenvalue weighted by Crippen LogP contribution is -2.37. The second kappa shape index (κ2) is 9.98. The zero-order valence-electron chi connectivity index (χ0n) is 15.2. The van der Waals surface area contributed by atoms with Crippen molar-refractivity contribution in [2.75, 3.05) is 13.2 Å². The second-order valence-corrected chi connectivity index (χ2v) is 6.90. The number of hydrogen-bond donors (Lipinski definition) is 2. The summed E-state index contributed by atoms with van der Waals surface area (Å²) in [6, 6.07) is 0. The number of aryl methyl sites for hydroxylation is 1. The molecule has 0 bridgehead atoms. The van der Waals surface area contributed by atoms with Crippen LogP contribution >= 0.6 is 11.3 Å². The maximum Gasteiger partial charge on any atom is 0.354 e. The lowest BCUT2D eigenvalue weighted by Gasteiger charge is -2.22. The largest absolute Gasteiger partial charge is 0.458 e. The summed E-state index contributed by atoms with van der Waals surface area (Å²) in [6.07, 6.45) is 2.65. The van der Waals surface area contributed by atoms with Crippen molar-refractivity contribution >= 4 is 29.1 Å². The first-order chi connectivity index (χ1) is 12.9. The summed E-state index contributed by atoms with van der Waals surface area (Å²) in [4.78, 5) is 40.4. The molecule has 27 heavy (non-hydrogen) atoms. The number of carbonyl (C=O) groups is 3. The van der Waals surface area contributed by atoms with Gasteiger partial charge in [0.05, 0.1) is 23.9 Å². The Morgan fingerprint density at radius 1 is 1.26 bits per heavy atom. The minimum atomic E-state index is -0.749. The molecule has 9 heteroatoms. The Morgan fingerprint density at radius 2 is 1.96 bits per heavy atom. The molecule has 0 aromatic carbocycles. The first-order valence-electron chi connectivity index (χ1n) is 8.64. The van der Waals surface area contributed by atoms with Gasteiger partial charge in [0.25, 0.3) is 11.8 Å². The molecule has 8 nitrogen and oxygen atoms in total. The Balaban J connectivity index is 1.81. The van der Waals surface area contributed by atoms with E-state index in [-0.39, 0.29) is 23.2 Å². The summed E-state index contributed by atoms with van der Waals surface area (Å²) in [5.74, 6) is -2.01. The number of rotatable bonds is 8. The quantitative estimate of drug-likeness (QED) is 0.514. The van der Waals surface area contributed by atoms with E-state index in [1.165, 1.54) is 11.3 Å². The predicted octanol–water partition coefficient (Wildman–Crippen LogP) is 1.69. The Labute approximate surface area is 161 Å². The van der Waals surface area contributed by atoms with Crippen LogP contribution in [0, 0.1) is 0 Å². The van der Waals surface area contributed by atoms with Crippen molar-refractivity contribution in [2.24, 2.45) is 0 Å². The molecule has 2 heterocycles. The van der Waals surface area contributed by atoms with Crippen LogP contribution in [0.25, 0.3) is 0 Å². The minimum Gasteiger partial charge on any atom is -0.458 e. The van der Waals surface area contributed by atoms with Crippen LogP contribution in [0.1, 0.15) is 41.7 Å². The number of nitrogens with zero attached hydrogens (tertiary/aromatic N) is 1. The van der Waals surface area contributed by atoms with Crippen LogP contribution in [0.15, 0.2) is 29.9 Å². The lowest BCUT2D eigenvalue weighted by atomic mass is 10.1. The van der Waals surface area contributed by atoms with Crippen molar-refractivity contribution in [3.8, 4) is 0 Å². The molecule has 0 spiro atoms. The first kappa shape index (κ1) is 20.8. The number of nitrogens with one attached hydrogen (secondary N) is 2. The van der Waals surface area contributed by atoms with Crippen molar-refractivity contribution < 1.29 is 23.9 Å². The lowest BCUT2D eigenvalue weighted by molar-refractivity contribution is -0.149. The van der Waals surface area contributed by atoms with Crippen molar-refractivity contribution in [1.82, 2.24) is 15.6 Å². The zero-order valence-corrected chi connectivity index (χ0v) is 16.0. The molecule has 1 saturated heterocycles. The maximum absolute atomic E-state index is 12.1. The van der Waals surface area contributed by atoms with Crippen LogP contribution in [0.3, 0.4) is 0 Å². The molecule has 0 aliphatic carbocycles. The van der Waals surface area contributed by atoms with Gasteiger partial charge in [0.15, 0.2) is 0 Å². The highest BCUT2D eigenvalue weighted by Gasteiger charge is 2.22. The molecule has 1 aliphatic heterocycles. The summed E-state index contributed by atoms with van der Waals surface area (Å²) >= 11 is 1.38. The molecule has 0 radical (unpaired) electrons. The Hall–Kier alpha value is -2.52. The van der Waals surface area contributed by atoms with E-state index in [0.717, 1.165) is 17.8 Å². The standard InChI is InChI=1S/C18H23N3O5S/c1-4-5-15-21-14(10-27-15)17(23)19-11(2)16(22)20-12(3)18(24)26-13-6-8-25-9-7-13/h10,13H,2-9H2,1H3,(H,19,23)(H,20,22). The summed E-state index contributed by atoms with van der Waals surface area (Å²) in [6.45, 7) is 10.1. The van der Waals surface area contributed by atoms with Gasteiger partial charge < -0.3 is 20.1 Å². The molecular formula is C18H23N3O5S. The maximum atomic E-state index is 12.1. The second-order valence-electron chi connectivity index (χ2n) is 5.96. The van der Waals surface area contributed by atoms with Crippen molar-refractivity contribution in [3.05, 3.63) is 40.6 Å². The molecule has 0 saturated carbocycles. The van der Waals surface area contributed by atoms with Crippen molar-refractivity contribution in [3.63, 3.8) is 0 Å². The van der Waals surface area contributed by atoms with Gasteiger partial charge in [0.2, 0.25) is 0 Å². The van der Waals surface area contributed by atoms with Gasteiger partial charge in [-0.1, -0.05) is 20.1 Å². The van der Waals surface area contributed by atoms with Gasteiger partial charge >= 0.3 is 5.97 Å². The third-order valence-electron chi connectivity index (χ3n) is 3.74. The fourth-order valence-electron chi connectivity index (χ4n) is 2.28. The number of aromatic nitrogens is 1. The fraction of sp³-hybridized carbons (Fsp3) is 0.444. The van der Waals surface area contributed by atoms with Gasteiger partial charge in [-0.05, 0) is 12.8 Å². The van der Waals surface area contributed by atoms with Gasteiger partial charge in [0, 0.05) is 18.2 Å². The molecular weight excluding hydrogens is 370 g/mol. The van der Waals surface area contributed by atoms with Crippen LogP contribution in [-0.2, 0) is 25.5 Å². The summed E-state index contributed by atoms with van der Waals surface area (Å²) in [5.41, 5.74) is -0.221. The first-order valence-corrected chi connectivity index (χ1v) is 9.52. The number of thiazole rings is 1. The molecule has 146 valence electrons. The number of ether oxygens (including phenoxy) is 2. The van der Waals surface area contributed by atoms with E-state index in [1.807, 2.05) is 6.92 Å². The van der Waals surface area contributed by atoms with E-state index in [1.54, 1.807) is 5.38 Å². The zero-order chi connectivity index (χ0) is 19.8. The van der Waals surface area contributed by atoms with E-state index in [9.17, 15) is 14.4 Å². The Morgan fingerprint density at radius 3 is 2.63 bits per heavy atom. The van der Waals surface area contributed by atoms with Crippen molar-refractivity contribution in [1.29, 1.82) is 0 Å². The summed E-state index contributed by atoms with van der Waals surface area (Å²) in [5, 5.41) is 7.12. The molecule has 1 aromatic rings. The monoisotopic (exact) mass is 393 g/mol. The number of amides is 2. The molecule has 2 amide bonds. The average molecular weight is 393 g/mol. The Bertz CT molecular complexity index is 737. The molecule has 2 N–H and O–H groups in total. The van der Waals surface area contributed by atoms with Crippen LogP contribution < -0.4 is 10.6 Å².